The molecule has 0 bridgehead atoms. The molecule has 1 aromatic heterocycles. The van der Waals surface area contributed by atoms with Gasteiger partial charge in [-0.25, -0.2) is 13.6 Å². The molecule has 6 nitrogen and oxygen atoms in total. The molecule has 0 aliphatic carbocycles. The Hall–Kier alpha value is -0.960. The van der Waals surface area contributed by atoms with Gasteiger partial charge in [-0.2, -0.15) is 0 Å². The Morgan fingerprint density at radius 1 is 1.55 bits per heavy atom. The molecule has 1 fully saturated rings. The second kappa shape index (κ2) is 5.80. The van der Waals surface area contributed by atoms with Crippen LogP contribution in [-0.4, -0.2) is 45.5 Å². The van der Waals surface area contributed by atoms with Crippen LogP contribution in [0.5, 0.6) is 0 Å². The number of ether oxygens (including phenoxy) is 1. The van der Waals surface area contributed by atoms with Crippen molar-refractivity contribution in [3.05, 3.63) is 17.0 Å². The van der Waals surface area contributed by atoms with E-state index < -0.39 is 10.0 Å². The number of hydrogen-bond acceptors (Lipinski definition) is 5. The average molecular weight is 318 g/mol. The summed E-state index contributed by atoms with van der Waals surface area (Å²) in [5, 5.41) is 6.58. The molecule has 2 heterocycles. The van der Waals surface area contributed by atoms with E-state index in [2.05, 4.69) is 6.92 Å². The Morgan fingerprint density at radius 3 is 2.80 bits per heavy atom. The molecule has 0 radical (unpaired) electrons. The van der Waals surface area contributed by atoms with Crippen molar-refractivity contribution in [2.45, 2.75) is 23.7 Å². The summed E-state index contributed by atoms with van der Waals surface area (Å²) < 4.78 is 27.8. The van der Waals surface area contributed by atoms with Gasteiger partial charge in [0.15, 0.2) is 0 Å². The Bertz CT molecular complexity index is 596. The van der Waals surface area contributed by atoms with Crippen LogP contribution < -0.4 is 5.14 Å². The Balaban J connectivity index is 2.14. The summed E-state index contributed by atoms with van der Waals surface area (Å²) in [6.07, 6.45) is 0.889. The maximum absolute atomic E-state index is 12.3. The molecule has 1 amide bonds. The van der Waals surface area contributed by atoms with Crippen LogP contribution in [0.15, 0.2) is 15.7 Å². The van der Waals surface area contributed by atoms with Gasteiger partial charge in [0.25, 0.3) is 5.91 Å². The van der Waals surface area contributed by atoms with Gasteiger partial charge in [0, 0.05) is 25.6 Å². The lowest BCUT2D eigenvalue weighted by Crippen LogP contribution is -2.46. The number of piperidine rings is 1. The summed E-state index contributed by atoms with van der Waals surface area (Å²) in [6, 6.07) is 1.34. The van der Waals surface area contributed by atoms with Crippen LogP contribution in [0.4, 0.5) is 0 Å². The number of carbonyl (C=O) groups excluding carboxylic acids is 1. The second-order valence-electron chi connectivity index (χ2n) is 4.99. The van der Waals surface area contributed by atoms with Crippen molar-refractivity contribution in [1.29, 1.82) is 0 Å². The summed E-state index contributed by atoms with van der Waals surface area (Å²) in [5.41, 5.74) is 0.364. The highest BCUT2D eigenvalue weighted by Crippen LogP contribution is 2.24. The predicted molar refractivity (Wildman–Crippen MR) is 76.2 cm³/mol. The standard InChI is InChI=1S/C12H18N2O4S2/c1-8-3-4-14(6-10(8)18-2)12(15)9-5-11(19-7-9)20(13,16)17/h5,7-8,10H,3-4,6H2,1-2H3,(H2,13,16,17). The van der Waals surface area contributed by atoms with Gasteiger partial charge in [0.2, 0.25) is 10.0 Å². The van der Waals surface area contributed by atoms with E-state index in [9.17, 15) is 13.2 Å². The number of methoxy groups -OCH3 is 1. The van der Waals surface area contributed by atoms with Crippen molar-refractivity contribution in [2.24, 2.45) is 11.1 Å². The maximum atomic E-state index is 12.3. The average Bonchev–Trinajstić information content (AvgIpc) is 2.88. The molecule has 1 aliphatic rings. The Morgan fingerprint density at radius 2 is 2.25 bits per heavy atom. The van der Waals surface area contributed by atoms with E-state index >= 15 is 0 Å². The monoisotopic (exact) mass is 318 g/mol. The van der Waals surface area contributed by atoms with Crippen LogP contribution in [-0.2, 0) is 14.8 Å². The molecular weight excluding hydrogens is 300 g/mol. The fourth-order valence-corrected chi connectivity index (χ4v) is 3.86. The molecule has 1 aromatic rings. The molecule has 2 rings (SSSR count). The third-order valence-corrected chi connectivity index (χ3v) is 5.97. The number of hydrogen-bond donors (Lipinski definition) is 1. The van der Waals surface area contributed by atoms with Gasteiger partial charge < -0.3 is 9.64 Å². The van der Waals surface area contributed by atoms with Crippen molar-refractivity contribution in [1.82, 2.24) is 4.90 Å². The fraction of sp³-hybridized carbons (Fsp3) is 0.583. The minimum Gasteiger partial charge on any atom is -0.379 e. The number of sulfonamides is 1. The highest BCUT2D eigenvalue weighted by atomic mass is 32.2. The number of rotatable bonds is 3. The molecule has 2 atom stereocenters. The molecule has 1 saturated heterocycles. The highest BCUT2D eigenvalue weighted by Gasteiger charge is 2.30. The SMILES string of the molecule is COC1CN(C(=O)c2csc(S(N)(=O)=O)c2)CCC1C. The smallest absolute Gasteiger partial charge is 0.254 e. The van der Waals surface area contributed by atoms with E-state index in [0.717, 1.165) is 17.8 Å². The summed E-state index contributed by atoms with van der Waals surface area (Å²) in [7, 11) is -2.11. The Labute approximate surface area is 122 Å². The van der Waals surface area contributed by atoms with Gasteiger partial charge in [-0.1, -0.05) is 6.92 Å². The van der Waals surface area contributed by atoms with Crippen molar-refractivity contribution in [3.8, 4) is 0 Å². The van der Waals surface area contributed by atoms with Crippen molar-refractivity contribution in [3.63, 3.8) is 0 Å². The lowest BCUT2D eigenvalue weighted by atomic mass is 9.95. The van der Waals surface area contributed by atoms with Crippen LogP contribution in [0.3, 0.4) is 0 Å². The molecular formula is C12H18N2O4S2. The zero-order chi connectivity index (χ0) is 14.9. The lowest BCUT2D eigenvalue weighted by molar-refractivity contribution is -0.00155. The predicted octanol–water partition coefficient (Wildman–Crippen LogP) is 0.893. The van der Waals surface area contributed by atoms with Gasteiger partial charge in [0.1, 0.15) is 4.21 Å². The minimum absolute atomic E-state index is 0.00881. The van der Waals surface area contributed by atoms with Crippen LogP contribution in [0.2, 0.25) is 0 Å². The van der Waals surface area contributed by atoms with Crippen LogP contribution in [0.1, 0.15) is 23.7 Å². The van der Waals surface area contributed by atoms with Crippen molar-refractivity contribution in [2.75, 3.05) is 20.2 Å². The van der Waals surface area contributed by atoms with Gasteiger partial charge in [-0.3, -0.25) is 4.79 Å². The molecule has 2 N–H and O–H groups in total. The van der Waals surface area contributed by atoms with Crippen LogP contribution >= 0.6 is 11.3 Å². The number of carbonyl (C=O) groups is 1. The number of amides is 1. The number of nitrogens with two attached hydrogens (primary N) is 1. The van der Waals surface area contributed by atoms with Crippen molar-refractivity contribution < 1.29 is 17.9 Å². The first kappa shape index (κ1) is 15.4. The molecule has 112 valence electrons. The summed E-state index contributed by atoms with van der Waals surface area (Å²) in [4.78, 5) is 14.0. The molecule has 0 saturated carbocycles. The molecule has 1 aliphatic heterocycles. The number of likely N-dealkylation sites (tertiary alicyclic amines) is 1. The van der Waals surface area contributed by atoms with Gasteiger partial charge in [-0.15, -0.1) is 11.3 Å². The zero-order valence-corrected chi connectivity index (χ0v) is 13.0. The second-order valence-corrected chi connectivity index (χ2v) is 7.69. The first-order valence-electron chi connectivity index (χ1n) is 6.26. The highest BCUT2D eigenvalue weighted by molar-refractivity contribution is 7.91. The molecule has 20 heavy (non-hydrogen) atoms. The Kier molecular flexibility index (Phi) is 4.48. The number of thiophene rings is 1. The summed E-state index contributed by atoms with van der Waals surface area (Å²) >= 11 is 0.964. The third kappa shape index (κ3) is 3.20. The van der Waals surface area contributed by atoms with E-state index in [1.807, 2.05) is 0 Å². The van der Waals surface area contributed by atoms with Crippen LogP contribution in [0.25, 0.3) is 0 Å². The lowest BCUT2D eigenvalue weighted by Gasteiger charge is -2.36. The quantitative estimate of drug-likeness (QED) is 0.896. The number of primary sulfonamides is 1. The van der Waals surface area contributed by atoms with E-state index in [4.69, 9.17) is 9.88 Å². The normalized spacial score (nSPS) is 23.9. The van der Waals surface area contributed by atoms with E-state index in [1.165, 1.54) is 11.4 Å². The topological polar surface area (TPSA) is 89.7 Å². The maximum Gasteiger partial charge on any atom is 0.254 e. The van der Waals surface area contributed by atoms with Crippen molar-refractivity contribution >= 4 is 27.3 Å². The molecule has 0 spiro atoms. The zero-order valence-electron chi connectivity index (χ0n) is 11.4. The first-order chi connectivity index (χ1) is 9.32. The van der Waals surface area contributed by atoms with Crippen LogP contribution in [0, 0.1) is 5.92 Å². The van der Waals surface area contributed by atoms with E-state index in [1.54, 1.807) is 12.0 Å². The minimum atomic E-state index is -3.75. The molecule has 8 heteroatoms. The molecule has 2 unspecified atom stereocenters. The third-order valence-electron chi connectivity index (χ3n) is 3.58. The van der Waals surface area contributed by atoms with Gasteiger partial charge >= 0.3 is 0 Å². The van der Waals surface area contributed by atoms with Gasteiger partial charge in [-0.05, 0) is 18.4 Å². The summed E-state index contributed by atoms with van der Waals surface area (Å²) in [6.45, 7) is 3.27. The number of nitrogens with zero attached hydrogens (tertiary/aromatic N) is 1. The largest absolute Gasteiger partial charge is 0.379 e. The fourth-order valence-electron chi connectivity index (χ4n) is 2.29. The van der Waals surface area contributed by atoms with E-state index in [-0.39, 0.29) is 16.2 Å². The van der Waals surface area contributed by atoms with Gasteiger partial charge in [0.05, 0.1) is 11.7 Å². The first-order valence-corrected chi connectivity index (χ1v) is 8.69. The van der Waals surface area contributed by atoms with E-state index in [0.29, 0.717) is 24.6 Å². The summed E-state index contributed by atoms with van der Waals surface area (Å²) in [5.74, 6) is 0.233. The molecule has 0 aromatic carbocycles.